The van der Waals surface area contributed by atoms with Crippen molar-refractivity contribution >= 4 is 5.91 Å². The van der Waals surface area contributed by atoms with E-state index in [-0.39, 0.29) is 19.1 Å². The van der Waals surface area contributed by atoms with Gasteiger partial charge in [-0.3, -0.25) is 4.79 Å². The number of aliphatic hydroxyl groups excluding tert-OH is 1. The zero-order chi connectivity index (χ0) is 12.3. The maximum absolute atomic E-state index is 12.1. The Kier molecular flexibility index (Phi) is 3.73. The first kappa shape index (κ1) is 12.0. The van der Waals surface area contributed by atoms with Gasteiger partial charge in [0.25, 0.3) is 0 Å². The molecule has 0 unspecified atom stereocenters. The number of nitrogens with zero attached hydrogens (tertiary/aromatic N) is 4. The summed E-state index contributed by atoms with van der Waals surface area (Å²) >= 11 is 0. The molecule has 1 aromatic rings. The van der Waals surface area contributed by atoms with Gasteiger partial charge in [-0.25, -0.2) is 4.68 Å². The lowest BCUT2D eigenvalue weighted by molar-refractivity contribution is -0.135. The molecular weight excluding hydrogens is 220 g/mol. The van der Waals surface area contributed by atoms with Crippen LogP contribution >= 0.6 is 0 Å². The van der Waals surface area contributed by atoms with Gasteiger partial charge in [0.15, 0.2) is 0 Å². The van der Waals surface area contributed by atoms with Crippen LogP contribution in [-0.2, 0) is 17.9 Å². The number of aromatic nitrogens is 3. The number of hydrogen-bond donors (Lipinski definition) is 1. The third kappa shape index (κ3) is 2.82. The summed E-state index contributed by atoms with van der Waals surface area (Å²) in [5.41, 5.74) is 0.490. The molecule has 94 valence electrons. The molecule has 6 heteroatoms. The van der Waals surface area contributed by atoms with Crippen molar-refractivity contribution in [2.75, 3.05) is 6.54 Å². The van der Waals surface area contributed by atoms with Gasteiger partial charge < -0.3 is 10.0 Å². The van der Waals surface area contributed by atoms with Gasteiger partial charge in [0.05, 0.1) is 12.8 Å². The lowest BCUT2D eigenvalue weighted by Gasteiger charge is -2.33. The van der Waals surface area contributed by atoms with Gasteiger partial charge in [-0.1, -0.05) is 5.21 Å². The second kappa shape index (κ2) is 5.27. The van der Waals surface area contributed by atoms with Crippen molar-refractivity contribution in [3.8, 4) is 0 Å². The average Bonchev–Trinajstić information content (AvgIpc) is 2.77. The fraction of sp³-hybridized carbons (Fsp3) is 0.727. The normalized spacial score (nSPS) is 20.6. The summed E-state index contributed by atoms with van der Waals surface area (Å²) in [6.45, 7) is 2.98. The summed E-state index contributed by atoms with van der Waals surface area (Å²) in [6.07, 6.45) is 4.95. The number of aliphatic hydroxyl groups is 1. The Morgan fingerprint density at radius 2 is 2.41 bits per heavy atom. The van der Waals surface area contributed by atoms with Crippen LogP contribution in [0.1, 0.15) is 31.9 Å². The van der Waals surface area contributed by atoms with E-state index >= 15 is 0 Å². The van der Waals surface area contributed by atoms with Gasteiger partial charge in [-0.15, -0.1) is 5.10 Å². The van der Waals surface area contributed by atoms with Crippen LogP contribution in [0, 0.1) is 0 Å². The molecule has 1 fully saturated rings. The number of carbonyl (C=O) groups excluding carboxylic acids is 1. The Bertz CT molecular complexity index is 391. The Morgan fingerprint density at radius 3 is 3.06 bits per heavy atom. The number of hydrogen-bond acceptors (Lipinski definition) is 4. The van der Waals surface area contributed by atoms with Gasteiger partial charge in [-0.05, 0) is 26.2 Å². The van der Waals surface area contributed by atoms with Crippen molar-refractivity contribution in [3.05, 3.63) is 11.9 Å². The minimum Gasteiger partial charge on any atom is -0.390 e. The minimum absolute atomic E-state index is 0.0755. The van der Waals surface area contributed by atoms with E-state index in [2.05, 4.69) is 17.2 Å². The maximum Gasteiger partial charge on any atom is 0.244 e. The molecule has 2 rings (SSSR count). The monoisotopic (exact) mass is 238 g/mol. The molecule has 1 saturated heterocycles. The van der Waals surface area contributed by atoms with Crippen molar-refractivity contribution in [2.45, 2.75) is 45.4 Å². The quantitative estimate of drug-likeness (QED) is 0.815. The molecule has 1 aliphatic rings. The molecule has 0 saturated carbocycles. The van der Waals surface area contributed by atoms with Crippen LogP contribution in [0.25, 0.3) is 0 Å². The molecule has 0 bridgehead atoms. The van der Waals surface area contributed by atoms with Crippen LogP contribution in [0.2, 0.25) is 0 Å². The molecule has 2 heterocycles. The topological polar surface area (TPSA) is 71.2 Å². The molecule has 0 aliphatic carbocycles. The number of amides is 1. The SMILES string of the molecule is C[C@@H]1CCCCN1C(=O)Cn1cc(CO)nn1. The molecule has 0 spiro atoms. The number of likely N-dealkylation sites (tertiary alicyclic amines) is 1. The second-order valence-corrected chi connectivity index (χ2v) is 4.50. The first-order valence-electron chi connectivity index (χ1n) is 6.00. The molecule has 1 aromatic heterocycles. The van der Waals surface area contributed by atoms with Gasteiger partial charge in [0, 0.05) is 12.6 Å². The standard InChI is InChI=1S/C11H18N4O2/c1-9-4-2-3-5-15(9)11(17)7-14-6-10(8-16)12-13-14/h6,9,16H,2-5,7-8H2,1H3/t9-/m1/s1. The lowest BCUT2D eigenvalue weighted by Crippen LogP contribution is -2.43. The van der Waals surface area contributed by atoms with Gasteiger partial charge in [-0.2, -0.15) is 0 Å². The summed E-state index contributed by atoms with van der Waals surface area (Å²) in [4.78, 5) is 14.0. The first-order valence-corrected chi connectivity index (χ1v) is 6.00. The van der Waals surface area contributed by atoms with Crippen molar-refractivity contribution in [1.29, 1.82) is 0 Å². The number of piperidine rings is 1. The number of rotatable bonds is 3. The van der Waals surface area contributed by atoms with Crippen LogP contribution in [0.15, 0.2) is 6.20 Å². The van der Waals surface area contributed by atoms with Crippen LogP contribution in [0.3, 0.4) is 0 Å². The Hall–Kier alpha value is -1.43. The molecule has 0 aromatic carbocycles. The summed E-state index contributed by atoms with van der Waals surface area (Å²) in [5.74, 6) is 0.0755. The van der Waals surface area contributed by atoms with Crippen LogP contribution in [-0.4, -0.2) is 43.5 Å². The molecule has 1 N–H and O–H groups in total. The van der Waals surface area contributed by atoms with Crippen LogP contribution in [0.4, 0.5) is 0 Å². The third-order valence-electron chi connectivity index (χ3n) is 3.17. The van der Waals surface area contributed by atoms with E-state index in [4.69, 9.17) is 5.11 Å². The van der Waals surface area contributed by atoms with Crippen molar-refractivity contribution in [3.63, 3.8) is 0 Å². The zero-order valence-corrected chi connectivity index (χ0v) is 10.0. The van der Waals surface area contributed by atoms with Gasteiger partial charge in [0.2, 0.25) is 5.91 Å². The summed E-state index contributed by atoms with van der Waals surface area (Å²) in [6, 6.07) is 0.317. The van der Waals surface area contributed by atoms with E-state index in [0.29, 0.717) is 11.7 Å². The molecular formula is C11H18N4O2. The average molecular weight is 238 g/mol. The highest BCUT2D eigenvalue weighted by Gasteiger charge is 2.23. The minimum atomic E-state index is -0.145. The third-order valence-corrected chi connectivity index (χ3v) is 3.17. The van der Waals surface area contributed by atoms with Gasteiger partial charge >= 0.3 is 0 Å². The fourth-order valence-corrected chi connectivity index (χ4v) is 2.19. The molecule has 1 amide bonds. The fourth-order valence-electron chi connectivity index (χ4n) is 2.19. The Labute approximate surface area is 100 Å². The largest absolute Gasteiger partial charge is 0.390 e. The van der Waals surface area contributed by atoms with Crippen molar-refractivity contribution in [1.82, 2.24) is 19.9 Å². The molecule has 1 aliphatic heterocycles. The molecule has 6 nitrogen and oxygen atoms in total. The zero-order valence-electron chi connectivity index (χ0n) is 10.0. The molecule has 0 radical (unpaired) electrons. The van der Waals surface area contributed by atoms with Gasteiger partial charge in [0.1, 0.15) is 12.2 Å². The highest BCUT2D eigenvalue weighted by Crippen LogP contribution is 2.16. The maximum atomic E-state index is 12.1. The van der Waals surface area contributed by atoms with E-state index in [0.717, 1.165) is 19.4 Å². The first-order chi connectivity index (χ1) is 8.20. The summed E-state index contributed by atoms with van der Waals surface area (Å²) in [7, 11) is 0. The summed E-state index contributed by atoms with van der Waals surface area (Å²) < 4.78 is 1.48. The van der Waals surface area contributed by atoms with E-state index in [1.807, 2.05) is 4.90 Å². The van der Waals surface area contributed by atoms with E-state index in [1.165, 1.54) is 11.1 Å². The van der Waals surface area contributed by atoms with Crippen LogP contribution < -0.4 is 0 Å². The smallest absolute Gasteiger partial charge is 0.244 e. The highest BCUT2D eigenvalue weighted by atomic mass is 16.3. The van der Waals surface area contributed by atoms with Crippen molar-refractivity contribution < 1.29 is 9.90 Å². The second-order valence-electron chi connectivity index (χ2n) is 4.50. The lowest BCUT2D eigenvalue weighted by atomic mass is 10.0. The summed E-state index contributed by atoms with van der Waals surface area (Å²) in [5, 5.41) is 16.4. The highest BCUT2D eigenvalue weighted by molar-refractivity contribution is 5.76. The Balaban J connectivity index is 1.95. The van der Waals surface area contributed by atoms with E-state index < -0.39 is 0 Å². The predicted octanol–water partition coefficient (Wildman–Crippen LogP) is 0.171. The Morgan fingerprint density at radius 1 is 1.59 bits per heavy atom. The van der Waals surface area contributed by atoms with Crippen LogP contribution in [0.5, 0.6) is 0 Å². The van der Waals surface area contributed by atoms with Crippen molar-refractivity contribution in [2.24, 2.45) is 0 Å². The molecule has 17 heavy (non-hydrogen) atoms. The van der Waals surface area contributed by atoms with E-state index in [1.54, 1.807) is 6.20 Å². The van der Waals surface area contributed by atoms with E-state index in [9.17, 15) is 4.79 Å². The predicted molar refractivity (Wildman–Crippen MR) is 61.0 cm³/mol. The number of carbonyl (C=O) groups is 1. The molecule has 1 atom stereocenters.